The summed E-state index contributed by atoms with van der Waals surface area (Å²) in [4.78, 5) is 28.4. The summed E-state index contributed by atoms with van der Waals surface area (Å²) in [5, 5.41) is 23.1. The van der Waals surface area contributed by atoms with E-state index in [9.17, 15) is 54.6 Å². The number of hydrogen-bond acceptors (Lipinski definition) is 6. The Morgan fingerprint density at radius 2 is 1.38 bits per heavy atom. The van der Waals surface area contributed by atoms with Crippen molar-refractivity contribution >= 4 is 27.5 Å². The van der Waals surface area contributed by atoms with E-state index in [1.165, 1.54) is 32.2 Å². The first kappa shape index (κ1) is 36.8. The number of benzene rings is 4. The molecule has 0 aromatic heterocycles. The molecule has 6 rings (SSSR count). The van der Waals surface area contributed by atoms with Gasteiger partial charge in [0.15, 0.2) is 9.84 Å². The zero-order chi connectivity index (χ0) is 38.0. The third-order valence-corrected chi connectivity index (χ3v) is 11.4. The van der Waals surface area contributed by atoms with E-state index in [-0.39, 0.29) is 28.3 Å². The second-order valence-electron chi connectivity index (χ2n) is 12.6. The van der Waals surface area contributed by atoms with Gasteiger partial charge in [-0.15, -0.1) is 0 Å². The van der Waals surface area contributed by atoms with Crippen molar-refractivity contribution in [3.63, 3.8) is 0 Å². The first-order valence-corrected chi connectivity index (χ1v) is 17.3. The Labute approximate surface area is 293 Å². The quantitative estimate of drug-likeness (QED) is 0.164. The standard InChI is InChI=1S/C36H30F6N2O7S/c1-33(31(45)43-21-13-11-20(12-14-21)34(48,35(37,38)39)36(40,41)42)28-16-15-22(52(49,50)18-17-51-2)19-27(28)30(44(33)32(46)47)29-25-9-5-3-7-23(25)24-8-4-6-10-26(24)29/h3-16,19,29-30,48H,17-18H2,1-2H3,(H,43,45)(H,46,47). The lowest BCUT2D eigenvalue weighted by atomic mass is 9.85. The van der Waals surface area contributed by atoms with Crippen LogP contribution in [0.4, 0.5) is 36.8 Å². The number of ether oxygens (including phenoxy) is 1. The number of aliphatic hydroxyl groups is 1. The van der Waals surface area contributed by atoms with Crippen molar-refractivity contribution in [2.24, 2.45) is 0 Å². The second-order valence-corrected chi connectivity index (χ2v) is 14.7. The highest BCUT2D eigenvalue weighted by molar-refractivity contribution is 7.91. The molecule has 9 nitrogen and oxygen atoms in total. The van der Waals surface area contributed by atoms with Gasteiger partial charge in [-0.2, -0.15) is 26.3 Å². The van der Waals surface area contributed by atoms with Gasteiger partial charge in [0.2, 0.25) is 0 Å². The minimum Gasteiger partial charge on any atom is -0.465 e. The molecule has 1 aliphatic carbocycles. The van der Waals surface area contributed by atoms with Crippen LogP contribution in [0.2, 0.25) is 0 Å². The largest absolute Gasteiger partial charge is 0.465 e. The summed E-state index contributed by atoms with van der Waals surface area (Å²) in [5.41, 5.74) is -5.88. The topological polar surface area (TPSA) is 133 Å². The number of alkyl halides is 6. The number of nitrogens with zero attached hydrogens (tertiary/aromatic N) is 1. The van der Waals surface area contributed by atoms with E-state index >= 15 is 0 Å². The SMILES string of the molecule is COCCS(=O)(=O)c1ccc2c(c1)C(C1c3ccccc3-c3ccccc31)N(C(=O)O)C2(C)C(=O)Nc1ccc(C(O)(C(F)(F)F)C(F)(F)F)cc1. The maximum Gasteiger partial charge on any atom is 0.430 e. The minimum absolute atomic E-state index is 0.102. The van der Waals surface area contributed by atoms with E-state index < -0.39 is 68.6 Å². The van der Waals surface area contributed by atoms with Crippen LogP contribution in [0, 0.1) is 0 Å². The Morgan fingerprint density at radius 1 is 0.846 bits per heavy atom. The second kappa shape index (κ2) is 12.6. The highest BCUT2D eigenvalue weighted by atomic mass is 32.2. The molecule has 52 heavy (non-hydrogen) atoms. The molecule has 4 aromatic carbocycles. The van der Waals surface area contributed by atoms with Gasteiger partial charge in [-0.05, 0) is 64.6 Å². The molecule has 0 saturated heterocycles. The molecule has 1 heterocycles. The number of carboxylic acid groups (broad SMARTS) is 1. The van der Waals surface area contributed by atoms with E-state index in [0.29, 0.717) is 35.4 Å². The Bertz CT molecular complexity index is 2110. The first-order chi connectivity index (χ1) is 24.3. The molecule has 2 atom stereocenters. The maximum absolute atomic E-state index is 14.3. The highest BCUT2D eigenvalue weighted by Crippen LogP contribution is 2.59. The number of halogens is 6. The van der Waals surface area contributed by atoms with Gasteiger partial charge in [0.05, 0.1) is 23.3 Å². The van der Waals surface area contributed by atoms with Gasteiger partial charge in [0.1, 0.15) is 5.54 Å². The predicted octanol–water partition coefficient (Wildman–Crippen LogP) is 7.12. The molecule has 2 aliphatic rings. The first-order valence-electron chi connectivity index (χ1n) is 15.6. The van der Waals surface area contributed by atoms with E-state index in [2.05, 4.69) is 5.32 Å². The number of amides is 2. The van der Waals surface area contributed by atoms with Crippen molar-refractivity contribution in [2.75, 3.05) is 24.8 Å². The summed E-state index contributed by atoms with van der Waals surface area (Å²) in [6, 6.07) is 19.3. The fourth-order valence-corrected chi connectivity index (χ4v) is 8.42. The van der Waals surface area contributed by atoms with Crippen molar-refractivity contribution < 1.29 is 59.3 Å². The van der Waals surface area contributed by atoms with Gasteiger partial charge < -0.3 is 20.3 Å². The van der Waals surface area contributed by atoms with Gasteiger partial charge >= 0.3 is 18.4 Å². The summed E-state index contributed by atoms with van der Waals surface area (Å²) in [6.45, 7) is 1.15. The van der Waals surface area contributed by atoms with Gasteiger partial charge in [0, 0.05) is 24.3 Å². The van der Waals surface area contributed by atoms with Gasteiger partial charge in [-0.1, -0.05) is 66.7 Å². The molecule has 1 aliphatic heterocycles. The van der Waals surface area contributed by atoms with Gasteiger partial charge in [-0.3, -0.25) is 9.69 Å². The molecule has 2 unspecified atom stereocenters. The van der Waals surface area contributed by atoms with Crippen molar-refractivity contribution in [1.82, 2.24) is 4.90 Å². The third-order valence-electron chi connectivity index (χ3n) is 9.77. The summed E-state index contributed by atoms with van der Waals surface area (Å²) >= 11 is 0. The van der Waals surface area contributed by atoms with Crippen LogP contribution in [0.15, 0.2) is 95.9 Å². The average Bonchev–Trinajstić information content (AvgIpc) is 3.55. The maximum atomic E-state index is 14.3. The number of nitrogens with one attached hydrogen (secondary N) is 1. The van der Waals surface area contributed by atoms with E-state index in [4.69, 9.17) is 4.74 Å². The van der Waals surface area contributed by atoms with Crippen LogP contribution >= 0.6 is 0 Å². The zero-order valence-electron chi connectivity index (χ0n) is 27.3. The minimum atomic E-state index is -6.14. The van der Waals surface area contributed by atoms with Crippen LogP contribution < -0.4 is 5.32 Å². The van der Waals surface area contributed by atoms with Crippen molar-refractivity contribution in [3.05, 3.63) is 119 Å². The van der Waals surface area contributed by atoms with Crippen LogP contribution in [-0.2, 0) is 30.5 Å². The summed E-state index contributed by atoms with van der Waals surface area (Å²) in [6.07, 6.45) is -13.8. The van der Waals surface area contributed by atoms with Crippen LogP contribution in [0.5, 0.6) is 0 Å². The fourth-order valence-electron chi connectivity index (χ4n) is 7.22. The van der Waals surface area contributed by atoms with Crippen molar-refractivity contribution in [3.8, 4) is 11.1 Å². The normalized spacial score (nSPS) is 18.9. The lowest BCUT2D eigenvalue weighted by Crippen LogP contribution is -2.54. The molecule has 0 spiro atoms. The Morgan fingerprint density at radius 3 is 1.88 bits per heavy atom. The zero-order valence-corrected chi connectivity index (χ0v) is 28.1. The van der Waals surface area contributed by atoms with E-state index in [1.807, 2.05) is 24.3 Å². The molecule has 0 saturated carbocycles. The molecule has 16 heteroatoms. The van der Waals surface area contributed by atoms with Gasteiger partial charge in [-0.25, -0.2) is 13.2 Å². The van der Waals surface area contributed by atoms with E-state index in [0.717, 1.165) is 16.0 Å². The van der Waals surface area contributed by atoms with Crippen LogP contribution in [0.25, 0.3) is 11.1 Å². The molecule has 274 valence electrons. The number of sulfone groups is 1. The van der Waals surface area contributed by atoms with E-state index in [1.54, 1.807) is 24.3 Å². The number of fused-ring (bicyclic) bond motifs is 4. The molecule has 0 fully saturated rings. The number of carbonyl (C=O) groups is 2. The third kappa shape index (κ3) is 5.60. The highest BCUT2D eigenvalue weighted by Gasteiger charge is 2.71. The molecule has 2 amide bonds. The molecule has 0 bridgehead atoms. The summed E-state index contributed by atoms with van der Waals surface area (Å²) < 4.78 is 113. The molecule has 0 radical (unpaired) electrons. The van der Waals surface area contributed by atoms with Gasteiger partial charge in [0.25, 0.3) is 11.5 Å². The molecular formula is C36H30F6N2O7S. The van der Waals surface area contributed by atoms with Crippen LogP contribution in [0.1, 0.15) is 46.7 Å². The van der Waals surface area contributed by atoms with Crippen molar-refractivity contribution in [2.45, 2.75) is 47.3 Å². The predicted molar refractivity (Wildman–Crippen MR) is 175 cm³/mol. The summed E-state index contributed by atoms with van der Waals surface area (Å²) in [5.74, 6) is -2.17. The number of carbonyl (C=O) groups excluding carboxylic acids is 1. The number of methoxy groups -OCH3 is 1. The fraction of sp³-hybridized carbons (Fsp3) is 0.278. The van der Waals surface area contributed by atoms with Crippen LogP contribution in [0.3, 0.4) is 0 Å². The lowest BCUT2D eigenvalue weighted by molar-refractivity contribution is -0.376. The monoisotopic (exact) mass is 748 g/mol. The Balaban J connectivity index is 1.49. The van der Waals surface area contributed by atoms with Crippen LogP contribution in [-0.4, -0.2) is 67.4 Å². The smallest absolute Gasteiger partial charge is 0.430 e. The summed E-state index contributed by atoms with van der Waals surface area (Å²) in [7, 11) is -2.63. The molecule has 3 N–H and O–H groups in total. The number of hydrogen-bond donors (Lipinski definition) is 3. The average molecular weight is 749 g/mol. The number of anilines is 1. The molecule has 4 aromatic rings. The number of rotatable bonds is 8. The Kier molecular flexibility index (Phi) is 8.95. The van der Waals surface area contributed by atoms with Crippen molar-refractivity contribution in [1.29, 1.82) is 0 Å². The molecular weight excluding hydrogens is 718 g/mol. The lowest BCUT2D eigenvalue weighted by Gasteiger charge is -2.38. The Hall–Kier alpha value is -4.93.